The van der Waals surface area contributed by atoms with Crippen LogP contribution in [0.4, 0.5) is 5.69 Å². The summed E-state index contributed by atoms with van der Waals surface area (Å²) in [5.74, 6) is 0. The molecule has 1 aliphatic rings. The van der Waals surface area contributed by atoms with Gasteiger partial charge in [0.15, 0.2) is 0 Å². The molecule has 0 aromatic heterocycles. The van der Waals surface area contributed by atoms with Crippen molar-refractivity contribution in [2.45, 2.75) is 0 Å². The van der Waals surface area contributed by atoms with Crippen molar-refractivity contribution < 1.29 is 9.57 Å². The molecule has 0 atom stereocenters. The van der Waals surface area contributed by atoms with Gasteiger partial charge in [0.2, 0.25) is 0 Å². The number of morpholine rings is 1. The lowest BCUT2D eigenvalue weighted by molar-refractivity contribution is 0.122. The molecule has 2 aromatic rings. The molecule has 0 amide bonds. The molecule has 0 N–H and O–H groups in total. The van der Waals surface area contributed by atoms with Gasteiger partial charge in [0, 0.05) is 18.8 Å². The van der Waals surface area contributed by atoms with Crippen molar-refractivity contribution in [1.29, 1.82) is 0 Å². The first-order valence-electron chi connectivity index (χ1n) is 8.21. The number of anilines is 1. The van der Waals surface area contributed by atoms with Crippen molar-refractivity contribution in [1.82, 2.24) is 0 Å². The van der Waals surface area contributed by atoms with Crippen molar-refractivity contribution in [3.8, 4) is 0 Å². The molecule has 124 valence electrons. The number of ether oxygens (including phenoxy) is 1. The summed E-state index contributed by atoms with van der Waals surface area (Å²) in [6, 6.07) is 18.5. The van der Waals surface area contributed by atoms with Gasteiger partial charge in [-0.2, -0.15) is 0 Å². The Bertz CT molecular complexity index is 660. The lowest BCUT2D eigenvalue weighted by Crippen LogP contribution is -2.36. The minimum atomic E-state index is 0.456. The maximum absolute atomic E-state index is 5.37. The first-order chi connectivity index (χ1) is 11.9. The Kier molecular flexibility index (Phi) is 6.03. The maximum atomic E-state index is 5.37. The summed E-state index contributed by atoms with van der Waals surface area (Å²) in [5.41, 5.74) is 3.41. The third-order valence-electron chi connectivity index (χ3n) is 3.83. The van der Waals surface area contributed by atoms with Crippen LogP contribution in [0.5, 0.6) is 0 Å². The molecule has 0 bridgehead atoms. The highest BCUT2D eigenvalue weighted by Crippen LogP contribution is 2.16. The summed E-state index contributed by atoms with van der Waals surface area (Å²) < 4.78 is 5.37. The summed E-state index contributed by atoms with van der Waals surface area (Å²) in [4.78, 5) is 7.59. The van der Waals surface area contributed by atoms with E-state index < -0.39 is 0 Å². The van der Waals surface area contributed by atoms with E-state index in [4.69, 9.17) is 9.57 Å². The molecule has 4 nitrogen and oxygen atoms in total. The van der Waals surface area contributed by atoms with Crippen LogP contribution in [0, 0.1) is 0 Å². The van der Waals surface area contributed by atoms with E-state index in [-0.39, 0.29) is 0 Å². The fraction of sp³-hybridized carbons (Fsp3) is 0.250. The topological polar surface area (TPSA) is 34.1 Å². The molecular weight excluding hydrogens is 300 g/mol. The third kappa shape index (κ3) is 4.96. The number of hydrogen-bond donors (Lipinski definition) is 0. The minimum Gasteiger partial charge on any atom is -0.392 e. The van der Waals surface area contributed by atoms with Crippen LogP contribution in [0.15, 0.2) is 65.8 Å². The standard InChI is InChI=1S/C20H22N2O2/c1-2-5-18(6-3-1)7-4-14-24-21-17-19-8-10-20(11-9-19)22-12-15-23-16-13-22/h1-11,17H,12-16H2/b7-4+,21-17+. The van der Waals surface area contributed by atoms with Crippen LogP contribution in [-0.4, -0.2) is 39.1 Å². The lowest BCUT2D eigenvalue weighted by Gasteiger charge is -2.28. The molecule has 4 heteroatoms. The zero-order valence-electron chi connectivity index (χ0n) is 13.7. The molecule has 1 aliphatic heterocycles. The van der Waals surface area contributed by atoms with E-state index in [1.165, 1.54) is 5.69 Å². The fourth-order valence-electron chi connectivity index (χ4n) is 2.53. The van der Waals surface area contributed by atoms with Crippen molar-refractivity contribution >= 4 is 18.0 Å². The van der Waals surface area contributed by atoms with Gasteiger partial charge in [-0.3, -0.25) is 0 Å². The molecule has 0 saturated carbocycles. The molecule has 24 heavy (non-hydrogen) atoms. The van der Waals surface area contributed by atoms with Crippen molar-refractivity contribution in [2.75, 3.05) is 37.8 Å². The summed E-state index contributed by atoms with van der Waals surface area (Å²) >= 11 is 0. The molecule has 0 spiro atoms. The van der Waals surface area contributed by atoms with Gasteiger partial charge in [-0.15, -0.1) is 0 Å². The summed E-state index contributed by atoms with van der Waals surface area (Å²) in [6.07, 6.45) is 5.71. The summed E-state index contributed by atoms with van der Waals surface area (Å²) in [5, 5.41) is 4.01. The number of nitrogens with zero attached hydrogens (tertiary/aromatic N) is 2. The molecule has 1 fully saturated rings. The SMILES string of the molecule is C(=C\c1ccccc1)/CO/N=C/c1ccc(N2CCOCC2)cc1. The van der Waals surface area contributed by atoms with Crippen LogP contribution >= 0.6 is 0 Å². The van der Waals surface area contributed by atoms with Gasteiger partial charge in [-0.05, 0) is 29.3 Å². The van der Waals surface area contributed by atoms with Gasteiger partial charge in [-0.25, -0.2) is 0 Å². The largest absolute Gasteiger partial charge is 0.392 e. The Hall–Kier alpha value is -2.59. The second-order valence-electron chi connectivity index (χ2n) is 5.53. The van der Waals surface area contributed by atoms with Crippen LogP contribution in [-0.2, 0) is 9.57 Å². The highest BCUT2D eigenvalue weighted by atomic mass is 16.6. The first-order valence-corrected chi connectivity index (χ1v) is 8.21. The normalized spacial score (nSPS) is 15.2. The quantitative estimate of drug-likeness (QED) is 0.463. The Labute approximate surface area is 143 Å². The van der Waals surface area contributed by atoms with Gasteiger partial charge in [0.25, 0.3) is 0 Å². The minimum absolute atomic E-state index is 0.456. The first kappa shape index (κ1) is 16.3. The van der Waals surface area contributed by atoms with Crippen molar-refractivity contribution in [3.05, 3.63) is 71.8 Å². The Morgan fingerprint density at radius 2 is 1.71 bits per heavy atom. The average Bonchev–Trinajstić information content (AvgIpc) is 2.67. The van der Waals surface area contributed by atoms with Gasteiger partial charge in [-0.1, -0.05) is 53.7 Å². The van der Waals surface area contributed by atoms with E-state index in [9.17, 15) is 0 Å². The van der Waals surface area contributed by atoms with Crippen LogP contribution < -0.4 is 4.90 Å². The molecule has 3 rings (SSSR count). The zero-order valence-corrected chi connectivity index (χ0v) is 13.7. The van der Waals surface area contributed by atoms with Gasteiger partial charge < -0.3 is 14.5 Å². The molecule has 1 saturated heterocycles. The summed E-state index contributed by atoms with van der Waals surface area (Å²) in [6.45, 7) is 3.95. The number of hydrogen-bond acceptors (Lipinski definition) is 4. The molecule has 0 unspecified atom stereocenters. The van der Waals surface area contributed by atoms with Gasteiger partial charge >= 0.3 is 0 Å². The highest BCUT2D eigenvalue weighted by molar-refractivity contribution is 5.79. The van der Waals surface area contributed by atoms with Crippen molar-refractivity contribution in [2.24, 2.45) is 5.16 Å². The third-order valence-corrected chi connectivity index (χ3v) is 3.83. The Balaban J connectivity index is 1.44. The predicted octanol–water partition coefficient (Wildman–Crippen LogP) is 3.59. The van der Waals surface area contributed by atoms with Crippen LogP contribution in [0.1, 0.15) is 11.1 Å². The molecule has 1 heterocycles. The van der Waals surface area contributed by atoms with E-state index in [2.05, 4.69) is 46.5 Å². The van der Waals surface area contributed by atoms with Crippen molar-refractivity contribution in [3.63, 3.8) is 0 Å². The maximum Gasteiger partial charge on any atom is 0.135 e. The number of benzene rings is 2. The van der Waals surface area contributed by atoms with E-state index in [1.807, 2.05) is 30.4 Å². The van der Waals surface area contributed by atoms with Crippen LogP contribution in [0.25, 0.3) is 6.08 Å². The predicted molar refractivity (Wildman–Crippen MR) is 98.5 cm³/mol. The smallest absolute Gasteiger partial charge is 0.135 e. The second-order valence-corrected chi connectivity index (χ2v) is 5.53. The summed E-state index contributed by atoms with van der Waals surface area (Å²) in [7, 11) is 0. The van der Waals surface area contributed by atoms with E-state index in [1.54, 1.807) is 6.21 Å². The molecule has 0 aliphatic carbocycles. The number of oxime groups is 1. The van der Waals surface area contributed by atoms with Gasteiger partial charge in [0.05, 0.1) is 19.4 Å². The van der Waals surface area contributed by atoms with E-state index in [0.717, 1.165) is 37.4 Å². The van der Waals surface area contributed by atoms with Crippen LogP contribution in [0.2, 0.25) is 0 Å². The molecule has 2 aromatic carbocycles. The van der Waals surface area contributed by atoms with Gasteiger partial charge in [0.1, 0.15) is 6.61 Å². The second kappa shape index (κ2) is 8.89. The monoisotopic (exact) mass is 322 g/mol. The van der Waals surface area contributed by atoms with E-state index in [0.29, 0.717) is 6.61 Å². The zero-order chi connectivity index (χ0) is 16.5. The van der Waals surface area contributed by atoms with Crippen LogP contribution in [0.3, 0.4) is 0 Å². The lowest BCUT2D eigenvalue weighted by atomic mass is 10.2. The molecule has 0 radical (unpaired) electrons. The number of rotatable bonds is 6. The fourth-order valence-corrected chi connectivity index (χ4v) is 2.53. The Morgan fingerprint density at radius 1 is 0.958 bits per heavy atom. The average molecular weight is 322 g/mol. The highest BCUT2D eigenvalue weighted by Gasteiger charge is 2.10. The van der Waals surface area contributed by atoms with E-state index >= 15 is 0 Å². The Morgan fingerprint density at radius 3 is 2.46 bits per heavy atom. The molecular formula is C20H22N2O2.